The zero-order chi connectivity index (χ0) is 14.1. The average Bonchev–Trinajstić information content (AvgIpc) is 3.01. The molecule has 3 aliphatic heterocycles. The summed E-state index contributed by atoms with van der Waals surface area (Å²) < 4.78 is 0. The Morgan fingerprint density at radius 1 is 1.29 bits per heavy atom. The molecule has 114 valence electrons. The first kappa shape index (κ1) is 14.0. The number of fused-ring (bicyclic) bond motifs is 2. The summed E-state index contributed by atoms with van der Waals surface area (Å²) in [7, 11) is 0. The van der Waals surface area contributed by atoms with E-state index >= 15 is 0 Å². The monoisotopic (exact) mass is 322 g/mol. The summed E-state index contributed by atoms with van der Waals surface area (Å²) in [5.74, 6) is 1.01. The minimum atomic E-state index is 0.545. The molecule has 0 spiro atoms. The molecule has 0 aromatic carbocycles. The summed E-state index contributed by atoms with van der Waals surface area (Å²) >= 11 is 3.66. The summed E-state index contributed by atoms with van der Waals surface area (Å²) in [4.78, 5) is 12.0. The molecule has 0 aromatic rings. The molecular weight excluding hydrogens is 300 g/mol. The van der Waals surface area contributed by atoms with Crippen LogP contribution < -0.4 is 5.32 Å². The molecule has 0 aromatic heterocycles. The summed E-state index contributed by atoms with van der Waals surface area (Å²) in [5, 5.41) is 8.28. The second-order valence-corrected chi connectivity index (χ2v) is 7.88. The van der Waals surface area contributed by atoms with E-state index in [1.807, 2.05) is 11.8 Å². The maximum Gasteiger partial charge on any atom is 0.167 e. The Morgan fingerprint density at radius 2 is 2.24 bits per heavy atom. The SMILES string of the molecule is C1=C(CSC2=N[C@@H]3CCCC[C@@H]3N2)N2CCCCN=C2S1. The van der Waals surface area contributed by atoms with E-state index in [0.717, 1.165) is 24.0 Å². The van der Waals surface area contributed by atoms with Crippen LogP contribution in [0, 0.1) is 0 Å². The highest BCUT2D eigenvalue weighted by molar-refractivity contribution is 8.17. The van der Waals surface area contributed by atoms with Crippen molar-refractivity contribution in [2.45, 2.75) is 50.6 Å². The number of hydrogen-bond donors (Lipinski definition) is 1. The first-order valence-electron chi connectivity index (χ1n) is 8.05. The standard InChI is InChI=1S/C15H22N4S2/c1-2-6-13-12(5-1)17-14(18-13)20-9-11-10-21-15-16-7-3-4-8-19(11)15/h10,12-13H,1-9H2,(H,17,18)/t12-,13+. The Balaban J connectivity index is 1.35. The van der Waals surface area contributed by atoms with E-state index in [0.29, 0.717) is 12.1 Å². The van der Waals surface area contributed by atoms with Gasteiger partial charge in [-0.1, -0.05) is 36.4 Å². The number of rotatable bonds is 2. The molecule has 0 amide bonds. The van der Waals surface area contributed by atoms with Gasteiger partial charge >= 0.3 is 0 Å². The molecule has 6 heteroatoms. The predicted octanol–water partition coefficient (Wildman–Crippen LogP) is 3.03. The third-order valence-corrected chi connectivity index (χ3v) is 6.48. The van der Waals surface area contributed by atoms with E-state index in [-0.39, 0.29) is 0 Å². The lowest BCUT2D eigenvalue weighted by Gasteiger charge is -2.23. The Labute approximate surface area is 134 Å². The van der Waals surface area contributed by atoms with Crippen molar-refractivity contribution in [3.63, 3.8) is 0 Å². The number of amidine groups is 2. The summed E-state index contributed by atoms with van der Waals surface area (Å²) in [6.07, 6.45) is 7.73. The number of thioether (sulfide) groups is 2. The van der Waals surface area contributed by atoms with Crippen molar-refractivity contribution >= 4 is 33.9 Å². The van der Waals surface area contributed by atoms with Crippen LogP contribution in [0.1, 0.15) is 38.5 Å². The van der Waals surface area contributed by atoms with Crippen LogP contribution in [0.3, 0.4) is 0 Å². The zero-order valence-corrected chi connectivity index (χ0v) is 13.9. The smallest absolute Gasteiger partial charge is 0.167 e. The van der Waals surface area contributed by atoms with Gasteiger partial charge in [-0.05, 0) is 31.1 Å². The van der Waals surface area contributed by atoms with Crippen LogP contribution in [-0.2, 0) is 0 Å². The van der Waals surface area contributed by atoms with Gasteiger partial charge in [0.15, 0.2) is 10.3 Å². The molecule has 4 nitrogen and oxygen atoms in total. The largest absolute Gasteiger partial charge is 0.360 e. The van der Waals surface area contributed by atoms with Gasteiger partial charge in [0.1, 0.15) is 0 Å². The van der Waals surface area contributed by atoms with Crippen molar-refractivity contribution in [2.24, 2.45) is 9.98 Å². The normalized spacial score (nSPS) is 31.6. The Bertz CT molecular complexity index is 500. The second-order valence-electron chi connectivity index (χ2n) is 6.08. The second kappa shape index (κ2) is 6.24. The van der Waals surface area contributed by atoms with Crippen molar-refractivity contribution in [2.75, 3.05) is 18.8 Å². The molecule has 0 saturated heterocycles. The first-order chi connectivity index (χ1) is 10.4. The number of nitrogens with one attached hydrogen (secondary N) is 1. The summed E-state index contributed by atoms with van der Waals surface area (Å²) in [6.45, 7) is 2.12. The molecule has 0 unspecified atom stereocenters. The van der Waals surface area contributed by atoms with E-state index < -0.39 is 0 Å². The maximum absolute atomic E-state index is 4.88. The summed E-state index contributed by atoms with van der Waals surface area (Å²) in [6, 6.07) is 1.16. The van der Waals surface area contributed by atoms with Gasteiger partial charge in [0.2, 0.25) is 0 Å². The van der Waals surface area contributed by atoms with Crippen LogP contribution in [0.4, 0.5) is 0 Å². The Kier molecular flexibility index (Phi) is 4.16. The van der Waals surface area contributed by atoms with E-state index in [1.54, 1.807) is 11.8 Å². The third-order valence-electron chi connectivity index (χ3n) is 4.59. The highest BCUT2D eigenvalue weighted by atomic mass is 32.2. The molecular formula is C15H22N4S2. The first-order valence-corrected chi connectivity index (χ1v) is 9.91. The molecule has 4 rings (SSSR count). The van der Waals surface area contributed by atoms with Crippen LogP contribution in [0.25, 0.3) is 0 Å². The Morgan fingerprint density at radius 3 is 3.19 bits per heavy atom. The van der Waals surface area contributed by atoms with Crippen LogP contribution in [0.5, 0.6) is 0 Å². The lowest BCUT2D eigenvalue weighted by atomic mass is 9.92. The van der Waals surface area contributed by atoms with Crippen LogP contribution in [0.2, 0.25) is 0 Å². The molecule has 1 aliphatic carbocycles. The van der Waals surface area contributed by atoms with E-state index in [2.05, 4.69) is 20.6 Å². The quantitative estimate of drug-likeness (QED) is 0.848. The van der Waals surface area contributed by atoms with Gasteiger partial charge in [0.25, 0.3) is 0 Å². The maximum atomic E-state index is 4.88. The van der Waals surface area contributed by atoms with Gasteiger partial charge in [-0.3, -0.25) is 9.98 Å². The third kappa shape index (κ3) is 2.97. The molecule has 21 heavy (non-hydrogen) atoms. The van der Waals surface area contributed by atoms with Gasteiger partial charge in [-0.15, -0.1) is 0 Å². The minimum absolute atomic E-state index is 0.545. The van der Waals surface area contributed by atoms with E-state index in [4.69, 9.17) is 4.99 Å². The van der Waals surface area contributed by atoms with Crippen molar-refractivity contribution in [1.29, 1.82) is 0 Å². The van der Waals surface area contributed by atoms with Crippen LogP contribution in [-0.4, -0.2) is 46.2 Å². The van der Waals surface area contributed by atoms with Crippen molar-refractivity contribution in [3.8, 4) is 0 Å². The van der Waals surface area contributed by atoms with E-state index in [1.165, 1.54) is 49.4 Å². The molecule has 1 saturated carbocycles. The van der Waals surface area contributed by atoms with Gasteiger partial charge in [0, 0.05) is 24.5 Å². The number of aliphatic imine (C=N–C) groups is 2. The molecule has 1 N–H and O–H groups in total. The molecule has 4 aliphatic rings. The highest BCUT2D eigenvalue weighted by Crippen LogP contribution is 2.32. The van der Waals surface area contributed by atoms with Crippen LogP contribution >= 0.6 is 23.5 Å². The van der Waals surface area contributed by atoms with Crippen LogP contribution in [0.15, 0.2) is 21.1 Å². The van der Waals surface area contributed by atoms with Crippen molar-refractivity contribution in [1.82, 2.24) is 10.2 Å². The van der Waals surface area contributed by atoms with Gasteiger partial charge in [-0.2, -0.15) is 0 Å². The lowest BCUT2D eigenvalue weighted by molar-refractivity contribution is 0.385. The fraction of sp³-hybridized carbons (Fsp3) is 0.733. The summed E-state index contributed by atoms with van der Waals surface area (Å²) in [5.41, 5.74) is 1.41. The highest BCUT2D eigenvalue weighted by Gasteiger charge is 2.31. The van der Waals surface area contributed by atoms with E-state index in [9.17, 15) is 0 Å². The topological polar surface area (TPSA) is 40.0 Å². The minimum Gasteiger partial charge on any atom is -0.360 e. The fourth-order valence-corrected chi connectivity index (χ4v) is 5.43. The fourth-order valence-electron chi connectivity index (χ4n) is 3.40. The predicted molar refractivity (Wildman–Crippen MR) is 93.0 cm³/mol. The molecule has 1 fully saturated rings. The van der Waals surface area contributed by atoms with Crippen molar-refractivity contribution < 1.29 is 0 Å². The van der Waals surface area contributed by atoms with Gasteiger partial charge < -0.3 is 10.2 Å². The lowest BCUT2D eigenvalue weighted by Crippen LogP contribution is -2.36. The Hall–Kier alpha value is -0.620. The number of hydrogen-bond acceptors (Lipinski definition) is 6. The number of nitrogens with zero attached hydrogens (tertiary/aromatic N) is 3. The van der Waals surface area contributed by atoms with Gasteiger partial charge in [0.05, 0.1) is 12.1 Å². The van der Waals surface area contributed by atoms with Gasteiger partial charge in [-0.25, -0.2) is 0 Å². The molecule has 0 bridgehead atoms. The molecule has 3 heterocycles. The molecule has 2 atom stereocenters. The molecule has 0 radical (unpaired) electrons. The van der Waals surface area contributed by atoms with Crippen molar-refractivity contribution in [3.05, 3.63) is 11.1 Å². The zero-order valence-electron chi connectivity index (χ0n) is 12.3. The average molecular weight is 323 g/mol.